The van der Waals surface area contributed by atoms with Gasteiger partial charge in [-0.05, 0) is 37.8 Å². The number of thioether (sulfide) groups is 1. The van der Waals surface area contributed by atoms with Gasteiger partial charge in [0.15, 0.2) is 5.16 Å². The van der Waals surface area contributed by atoms with Crippen molar-refractivity contribution < 1.29 is 0 Å². The number of benzene rings is 1. The minimum atomic E-state index is 0.0230. The summed E-state index contributed by atoms with van der Waals surface area (Å²) in [5, 5.41) is 0.916. The number of hydrogen-bond donors (Lipinski definition) is 0. The Labute approximate surface area is 146 Å². The molecule has 0 amide bonds. The molecule has 1 aliphatic heterocycles. The maximum atomic E-state index is 13.4. The average molecular weight is 338 g/mol. The summed E-state index contributed by atoms with van der Waals surface area (Å²) in [5.41, 5.74) is 6.13. The fraction of sp³-hybridized carbons (Fsp3) is 0.500. The van der Waals surface area contributed by atoms with Crippen LogP contribution in [0.2, 0.25) is 0 Å². The van der Waals surface area contributed by atoms with E-state index in [0.29, 0.717) is 0 Å². The first-order valence-electron chi connectivity index (χ1n) is 9.06. The maximum Gasteiger partial charge on any atom is 0.258 e. The third-order valence-corrected chi connectivity index (χ3v) is 7.03. The van der Waals surface area contributed by atoms with E-state index < -0.39 is 0 Å². The quantitative estimate of drug-likeness (QED) is 0.679. The molecule has 3 aliphatic rings. The van der Waals surface area contributed by atoms with E-state index in [2.05, 4.69) is 25.1 Å². The highest BCUT2D eigenvalue weighted by atomic mass is 32.2. The van der Waals surface area contributed by atoms with Crippen molar-refractivity contribution in [3.8, 4) is 11.3 Å². The zero-order chi connectivity index (χ0) is 16.3. The SMILES string of the molecule is Cc1ccc2c(c1)-c1nc3n(c(=O)c1C1(CCCCC1)C2)CCS3. The van der Waals surface area contributed by atoms with E-state index in [9.17, 15) is 4.79 Å². The molecule has 2 aromatic rings. The highest BCUT2D eigenvalue weighted by Gasteiger charge is 2.43. The van der Waals surface area contributed by atoms with Crippen LogP contribution in [0.3, 0.4) is 0 Å². The molecule has 2 heterocycles. The Morgan fingerprint density at radius 2 is 2.04 bits per heavy atom. The maximum absolute atomic E-state index is 13.4. The largest absolute Gasteiger partial charge is 0.287 e. The van der Waals surface area contributed by atoms with Crippen molar-refractivity contribution in [3.05, 3.63) is 45.2 Å². The summed E-state index contributed by atoms with van der Waals surface area (Å²) in [4.78, 5) is 18.4. The number of nitrogens with zero attached hydrogens (tertiary/aromatic N) is 2. The molecule has 4 heteroatoms. The lowest BCUT2D eigenvalue weighted by Crippen LogP contribution is -2.42. The summed E-state index contributed by atoms with van der Waals surface area (Å²) in [5.74, 6) is 0.971. The van der Waals surface area contributed by atoms with Gasteiger partial charge in [-0.1, -0.05) is 48.7 Å². The summed E-state index contributed by atoms with van der Waals surface area (Å²) in [6.45, 7) is 2.94. The van der Waals surface area contributed by atoms with Crippen LogP contribution in [0.25, 0.3) is 11.3 Å². The summed E-state index contributed by atoms with van der Waals surface area (Å²) in [7, 11) is 0. The van der Waals surface area contributed by atoms with E-state index in [1.807, 2.05) is 4.57 Å². The van der Waals surface area contributed by atoms with Gasteiger partial charge in [0.05, 0.1) is 11.3 Å². The van der Waals surface area contributed by atoms with E-state index in [1.54, 1.807) is 11.8 Å². The standard InChI is InChI=1S/C20H22N2OS/c1-13-5-6-14-12-20(7-3-2-4-8-20)16-17(15(14)11-13)21-19-22(18(16)23)9-10-24-19/h5-6,11H,2-4,7-10,12H2,1H3. The van der Waals surface area contributed by atoms with Crippen LogP contribution < -0.4 is 5.56 Å². The second kappa shape index (κ2) is 5.22. The second-order valence-electron chi connectivity index (χ2n) is 7.60. The van der Waals surface area contributed by atoms with E-state index in [0.717, 1.165) is 48.0 Å². The van der Waals surface area contributed by atoms with Crippen LogP contribution in [-0.2, 0) is 18.4 Å². The van der Waals surface area contributed by atoms with Gasteiger partial charge in [0.1, 0.15) is 0 Å². The normalized spacial score (nSPS) is 20.5. The van der Waals surface area contributed by atoms with Gasteiger partial charge in [0, 0.05) is 23.3 Å². The molecule has 1 saturated carbocycles. The van der Waals surface area contributed by atoms with Gasteiger partial charge in [-0.15, -0.1) is 0 Å². The zero-order valence-electron chi connectivity index (χ0n) is 14.1. The number of aryl methyl sites for hydroxylation is 1. The van der Waals surface area contributed by atoms with Crippen LogP contribution in [0.5, 0.6) is 0 Å². The van der Waals surface area contributed by atoms with E-state index in [-0.39, 0.29) is 11.0 Å². The predicted octanol–water partition coefficient (Wildman–Crippen LogP) is 4.08. The molecular weight excluding hydrogens is 316 g/mol. The first-order valence-corrected chi connectivity index (χ1v) is 10.0. The molecule has 0 atom stereocenters. The lowest BCUT2D eigenvalue weighted by molar-refractivity contribution is 0.282. The molecule has 0 bridgehead atoms. The Morgan fingerprint density at radius 1 is 1.21 bits per heavy atom. The summed E-state index contributed by atoms with van der Waals surface area (Å²) in [6, 6.07) is 6.70. The molecule has 0 saturated heterocycles. The first-order chi connectivity index (χ1) is 11.7. The molecule has 0 unspecified atom stereocenters. The summed E-state index contributed by atoms with van der Waals surface area (Å²) < 4.78 is 1.93. The van der Waals surface area contributed by atoms with Crippen molar-refractivity contribution in [3.63, 3.8) is 0 Å². The number of aromatic nitrogens is 2. The first kappa shape index (κ1) is 14.8. The Kier molecular flexibility index (Phi) is 3.21. The van der Waals surface area contributed by atoms with Gasteiger partial charge >= 0.3 is 0 Å². The van der Waals surface area contributed by atoms with Gasteiger partial charge in [-0.2, -0.15) is 0 Å². The van der Waals surface area contributed by atoms with Crippen molar-refractivity contribution in [2.75, 3.05) is 5.75 Å². The highest BCUT2D eigenvalue weighted by Crippen LogP contribution is 2.49. The van der Waals surface area contributed by atoms with E-state index >= 15 is 0 Å². The smallest absolute Gasteiger partial charge is 0.258 e. The predicted molar refractivity (Wildman–Crippen MR) is 97.9 cm³/mol. The molecule has 1 spiro atoms. The van der Waals surface area contributed by atoms with Crippen molar-refractivity contribution >= 4 is 11.8 Å². The summed E-state index contributed by atoms with van der Waals surface area (Å²) >= 11 is 1.72. The molecule has 1 aromatic heterocycles. The van der Waals surface area contributed by atoms with Crippen LogP contribution in [0.4, 0.5) is 0 Å². The van der Waals surface area contributed by atoms with Gasteiger partial charge in [0.25, 0.3) is 5.56 Å². The third-order valence-electron chi connectivity index (χ3n) is 6.07. The minimum Gasteiger partial charge on any atom is -0.287 e. The molecule has 124 valence electrons. The number of rotatable bonds is 0. The molecule has 24 heavy (non-hydrogen) atoms. The third kappa shape index (κ3) is 1.98. The molecule has 1 fully saturated rings. The fourth-order valence-corrected chi connectivity index (χ4v) is 5.86. The monoisotopic (exact) mass is 338 g/mol. The van der Waals surface area contributed by atoms with Gasteiger partial charge in [-0.3, -0.25) is 9.36 Å². The van der Waals surface area contributed by atoms with Crippen molar-refractivity contribution in [1.82, 2.24) is 9.55 Å². The fourth-order valence-electron chi connectivity index (χ4n) is 4.92. The van der Waals surface area contributed by atoms with Crippen LogP contribution in [0, 0.1) is 6.92 Å². The lowest BCUT2D eigenvalue weighted by atomic mass is 9.62. The summed E-state index contributed by atoms with van der Waals surface area (Å²) in [6.07, 6.45) is 7.05. The van der Waals surface area contributed by atoms with Crippen molar-refractivity contribution in [2.24, 2.45) is 0 Å². The minimum absolute atomic E-state index is 0.0230. The van der Waals surface area contributed by atoms with Gasteiger partial charge in [0.2, 0.25) is 0 Å². The molecular formula is C20H22N2OS. The van der Waals surface area contributed by atoms with Crippen molar-refractivity contribution in [2.45, 2.75) is 62.6 Å². The van der Waals surface area contributed by atoms with Crippen LogP contribution in [0.1, 0.15) is 48.8 Å². The molecule has 0 N–H and O–H groups in total. The van der Waals surface area contributed by atoms with Crippen LogP contribution in [0.15, 0.2) is 28.2 Å². The molecule has 3 nitrogen and oxygen atoms in total. The average Bonchev–Trinajstić information content (AvgIpc) is 3.05. The van der Waals surface area contributed by atoms with Crippen molar-refractivity contribution in [1.29, 1.82) is 0 Å². The topological polar surface area (TPSA) is 34.9 Å². The molecule has 1 aromatic carbocycles. The Hall–Kier alpha value is -1.55. The second-order valence-corrected chi connectivity index (χ2v) is 8.66. The van der Waals surface area contributed by atoms with Gasteiger partial charge in [-0.25, -0.2) is 4.98 Å². The lowest BCUT2D eigenvalue weighted by Gasteiger charge is -2.42. The Balaban J connectivity index is 1.85. The van der Waals surface area contributed by atoms with Gasteiger partial charge < -0.3 is 0 Å². The number of hydrogen-bond acceptors (Lipinski definition) is 3. The zero-order valence-corrected chi connectivity index (χ0v) is 14.9. The van der Waals surface area contributed by atoms with E-state index in [4.69, 9.17) is 4.98 Å². The van der Waals surface area contributed by atoms with E-state index in [1.165, 1.54) is 36.0 Å². The molecule has 5 rings (SSSR count). The molecule has 0 radical (unpaired) electrons. The Morgan fingerprint density at radius 3 is 2.88 bits per heavy atom. The van der Waals surface area contributed by atoms with Crippen LogP contribution in [-0.4, -0.2) is 15.3 Å². The highest BCUT2D eigenvalue weighted by molar-refractivity contribution is 7.99. The Bertz CT molecular complexity index is 893. The molecule has 2 aliphatic carbocycles. The number of fused-ring (bicyclic) bond motifs is 5. The van der Waals surface area contributed by atoms with Crippen LogP contribution >= 0.6 is 11.8 Å².